The average molecular weight is 1180 g/mol. The molecule has 3 N–H and O–H groups in total. The van der Waals surface area contributed by atoms with Gasteiger partial charge < -0.3 is 19.8 Å². The number of aliphatic hydroxyl groups excluding tert-OH is 1. The Morgan fingerprint density at radius 1 is 0.402 bits per heavy atom. The zero-order valence-corrected chi connectivity index (χ0v) is 56.7. The Kier molecular flexibility index (Phi) is 63.2. The van der Waals surface area contributed by atoms with Gasteiger partial charge in [0.2, 0.25) is 5.91 Å². The van der Waals surface area contributed by atoms with Gasteiger partial charge in [-0.1, -0.05) is 346 Å². The summed E-state index contributed by atoms with van der Waals surface area (Å²) in [5, 5.41) is 14.0. The van der Waals surface area contributed by atoms with Crippen molar-refractivity contribution < 1.29 is 32.9 Å². The third-order valence-corrected chi connectivity index (χ3v) is 17.8. The number of unbranched alkanes of at least 4 members (excludes halogenated alkanes) is 51. The SMILES string of the molecule is CCCCCCCCCC/C=C\CCCCCCCCCCCCCCCCCCCCCCCC(=O)NC(COP(=O)(O)OCC[N+](C)(C)C)C(O)/C=C/CC/C=C/CCCCCCCCCCCCCCCCCCCCCCC. The Morgan fingerprint density at radius 2 is 0.671 bits per heavy atom. The second-order valence-corrected chi connectivity index (χ2v) is 27.8. The molecule has 3 atom stereocenters. The highest BCUT2D eigenvalue weighted by atomic mass is 31.2. The molecule has 0 rings (SSSR count). The highest BCUT2D eigenvalue weighted by Crippen LogP contribution is 2.43. The molecule has 0 spiro atoms. The minimum absolute atomic E-state index is 0.0582. The number of amides is 1. The first-order valence-electron chi connectivity index (χ1n) is 36.4. The van der Waals surface area contributed by atoms with E-state index in [1.165, 1.54) is 315 Å². The third kappa shape index (κ3) is 66.2. The van der Waals surface area contributed by atoms with Crippen LogP contribution in [0.3, 0.4) is 0 Å². The van der Waals surface area contributed by atoms with Gasteiger partial charge in [0.1, 0.15) is 13.2 Å². The summed E-state index contributed by atoms with van der Waals surface area (Å²) in [4.78, 5) is 23.4. The lowest BCUT2D eigenvalue weighted by atomic mass is 10.0. The molecule has 486 valence electrons. The number of phosphoric acid groups is 1. The molecule has 0 bridgehead atoms. The number of quaternary nitrogens is 1. The fourth-order valence-electron chi connectivity index (χ4n) is 11.2. The number of hydrogen-bond donors (Lipinski definition) is 3. The average Bonchev–Trinajstić information content (AvgIpc) is 3.47. The van der Waals surface area contributed by atoms with Crippen LogP contribution in [0.1, 0.15) is 373 Å². The summed E-state index contributed by atoms with van der Waals surface area (Å²) in [5.41, 5.74) is 0. The van der Waals surface area contributed by atoms with Gasteiger partial charge in [0, 0.05) is 6.42 Å². The molecule has 8 nitrogen and oxygen atoms in total. The van der Waals surface area contributed by atoms with Gasteiger partial charge in [-0.05, 0) is 57.8 Å². The van der Waals surface area contributed by atoms with E-state index in [9.17, 15) is 19.4 Å². The summed E-state index contributed by atoms with van der Waals surface area (Å²) in [6.45, 7) is 4.86. The van der Waals surface area contributed by atoms with E-state index in [0.717, 1.165) is 38.5 Å². The van der Waals surface area contributed by atoms with Crippen molar-refractivity contribution in [2.24, 2.45) is 0 Å². The van der Waals surface area contributed by atoms with Gasteiger partial charge in [-0.25, -0.2) is 4.57 Å². The molecule has 0 heterocycles. The third-order valence-electron chi connectivity index (χ3n) is 16.8. The first-order valence-corrected chi connectivity index (χ1v) is 37.9. The van der Waals surface area contributed by atoms with E-state index in [-0.39, 0.29) is 19.1 Å². The number of allylic oxidation sites excluding steroid dienone is 5. The summed E-state index contributed by atoms with van der Waals surface area (Å²) >= 11 is 0. The van der Waals surface area contributed by atoms with Crippen LogP contribution in [0.25, 0.3) is 0 Å². The van der Waals surface area contributed by atoms with Crippen molar-refractivity contribution in [1.29, 1.82) is 0 Å². The predicted octanol–water partition coefficient (Wildman–Crippen LogP) is 23.2. The number of carbonyl (C=O) groups excluding carboxylic acids is 1. The van der Waals surface area contributed by atoms with Crippen molar-refractivity contribution in [3.8, 4) is 0 Å². The van der Waals surface area contributed by atoms with E-state index in [0.29, 0.717) is 17.4 Å². The smallest absolute Gasteiger partial charge is 0.387 e. The minimum atomic E-state index is -4.36. The molecule has 0 aromatic rings. The molecule has 0 saturated heterocycles. The molecule has 0 radical (unpaired) electrons. The quantitative estimate of drug-likeness (QED) is 0.0243. The van der Waals surface area contributed by atoms with Gasteiger partial charge in [-0.2, -0.15) is 0 Å². The van der Waals surface area contributed by atoms with Gasteiger partial charge >= 0.3 is 7.82 Å². The molecule has 82 heavy (non-hydrogen) atoms. The number of nitrogens with zero attached hydrogens (tertiary/aromatic N) is 1. The van der Waals surface area contributed by atoms with Gasteiger partial charge in [0.15, 0.2) is 0 Å². The van der Waals surface area contributed by atoms with Gasteiger partial charge in [0.05, 0.1) is 39.9 Å². The molecular weight excluding hydrogens is 1030 g/mol. The van der Waals surface area contributed by atoms with Crippen molar-refractivity contribution in [1.82, 2.24) is 5.32 Å². The van der Waals surface area contributed by atoms with Crippen molar-refractivity contribution >= 4 is 13.7 Å². The highest BCUT2D eigenvalue weighted by molar-refractivity contribution is 7.47. The molecule has 1 amide bonds. The van der Waals surface area contributed by atoms with Crippen molar-refractivity contribution in [2.45, 2.75) is 386 Å². The molecular formula is C73H144N2O6P+. The summed E-state index contributed by atoms with van der Waals surface area (Å²) in [6.07, 6.45) is 86.0. The second-order valence-electron chi connectivity index (χ2n) is 26.3. The Hall–Kier alpha value is -1.28. The molecule has 0 aliphatic carbocycles. The van der Waals surface area contributed by atoms with E-state index in [1.807, 2.05) is 27.2 Å². The largest absolute Gasteiger partial charge is 0.472 e. The Labute approximate surface area is 512 Å². The Bertz CT molecular complexity index is 1430. The van der Waals surface area contributed by atoms with Crippen LogP contribution in [-0.4, -0.2) is 73.4 Å². The Balaban J connectivity index is 4.04. The first kappa shape index (κ1) is 80.7. The molecule has 0 aromatic heterocycles. The molecule has 0 aromatic carbocycles. The van der Waals surface area contributed by atoms with Crippen molar-refractivity contribution in [2.75, 3.05) is 40.9 Å². The van der Waals surface area contributed by atoms with Crippen LogP contribution in [0.15, 0.2) is 36.5 Å². The number of hydrogen-bond acceptors (Lipinski definition) is 5. The fraction of sp³-hybridized carbons (Fsp3) is 0.904. The van der Waals surface area contributed by atoms with Crippen LogP contribution in [0.5, 0.6) is 0 Å². The van der Waals surface area contributed by atoms with Crippen LogP contribution >= 0.6 is 7.82 Å². The maximum absolute atomic E-state index is 13.1. The maximum atomic E-state index is 13.1. The predicted molar refractivity (Wildman–Crippen MR) is 360 cm³/mol. The zero-order chi connectivity index (χ0) is 59.8. The first-order chi connectivity index (χ1) is 40.0. The monoisotopic (exact) mass is 1180 g/mol. The lowest BCUT2D eigenvalue weighted by Crippen LogP contribution is -2.45. The number of carbonyl (C=O) groups is 1. The van der Waals surface area contributed by atoms with Crippen LogP contribution in [0.2, 0.25) is 0 Å². The molecule has 0 fully saturated rings. The lowest BCUT2D eigenvalue weighted by Gasteiger charge is -2.25. The number of phosphoric ester groups is 1. The molecule has 0 saturated carbocycles. The lowest BCUT2D eigenvalue weighted by molar-refractivity contribution is -0.870. The van der Waals surface area contributed by atoms with Crippen LogP contribution < -0.4 is 5.32 Å². The fourth-order valence-corrected chi connectivity index (χ4v) is 11.9. The zero-order valence-electron chi connectivity index (χ0n) is 55.8. The van der Waals surface area contributed by atoms with Gasteiger partial charge in [-0.3, -0.25) is 13.8 Å². The summed E-state index contributed by atoms with van der Waals surface area (Å²) in [5.74, 6) is -0.179. The van der Waals surface area contributed by atoms with E-state index in [4.69, 9.17) is 9.05 Å². The van der Waals surface area contributed by atoms with E-state index >= 15 is 0 Å². The van der Waals surface area contributed by atoms with Gasteiger partial charge in [-0.15, -0.1) is 0 Å². The summed E-state index contributed by atoms with van der Waals surface area (Å²) in [6, 6.07) is -0.863. The Morgan fingerprint density at radius 3 is 0.976 bits per heavy atom. The molecule has 9 heteroatoms. The maximum Gasteiger partial charge on any atom is 0.472 e. The van der Waals surface area contributed by atoms with E-state index in [1.54, 1.807) is 6.08 Å². The van der Waals surface area contributed by atoms with Gasteiger partial charge in [0.25, 0.3) is 0 Å². The topological polar surface area (TPSA) is 105 Å². The number of nitrogens with one attached hydrogen (secondary N) is 1. The molecule has 0 aliphatic heterocycles. The molecule has 3 unspecified atom stereocenters. The highest BCUT2D eigenvalue weighted by Gasteiger charge is 2.28. The van der Waals surface area contributed by atoms with Crippen molar-refractivity contribution in [3.05, 3.63) is 36.5 Å². The van der Waals surface area contributed by atoms with Crippen LogP contribution in [0.4, 0.5) is 0 Å². The van der Waals surface area contributed by atoms with Crippen LogP contribution in [0, 0.1) is 0 Å². The standard InChI is InChI=1S/C73H143N2O6P/c1-6-8-10-12-14-16-18-20-22-24-26-28-30-32-34-35-36-37-38-39-41-43-45-47-49-51-53-55-57-59-61-63-65-67-73(77)74-71(70-81-82(78,79)80-69-68-75(3,4)5)72(76)66-64-62-60-58-56-54-52-50-48-46-44-42-40-33-31-29-27-25-23-21-19-17-15-13-11-9-7-2/h24,26,56,58,64,66,71-72,76H,6-23,25,27-55,57,59-63,65,67-70H2,1-5H3,(H-,74,77,78,79)/p+1/b26-24-,58-56+,66-64+. The second kappa shape index (κ2) is 64.2. The number of rotatable bonds is 68. The van der Waals surface area contributed by atoms with E-state index < -0.39 is 20.0 Å². The van der Waals surface area contributed by atoms with E-state index in [2.05, 4.69) is 43.5 Å². The number of aliphatic hydroxyl groups is 1. The normalized spacial score (nSPS) is 13.8. The minimum Gasteiger partial charge on any atom is -0.387 e. The van der Waals surface area contributed by atoms with Crippen molar-refractivity contribution in [3.63, 3.8) is 0 Å². The molecule has 0 aliphatic rings. The number of likely N-dealkylation sites (N-methyl/N-ethyl adjacent to an activating group) is 1. The van der Waals surface area contributed by atoms with Crippen LogP contribution in [-0.2, 0) is 18.4 Å². The summed E-state index contributed by atoms with van der Waals surface area (Å²) in [7, 11) is 1.57. The summed E-state index contributed by atoms with van der Waals surface area (Å²) < 4.78 is 23.8.